The number of anilines is 1. The normalized spacial score (nSPS) is 12.9. The van der Waals surface area contributed by atoms with Crippen LogP contribution in [0.5, 0.6) is 0 Å². The van der Waals surface area contributed by atoms with Crippen LogP contribution in [0.3, 0.4) is 0 Å². The van der Waals surface area contributed by atoms with Gasteiger partial charge in [-0.25, -0.2) is 0 Å². The average Bonchev–Trinajstić information content (AvgIpc) is 2.70. The predicted molar refractivity (Wildman–Crippen MR) is 106 cm³/mol. The van der Waals surface area contributed by atoms with Gasteiger partial charge >= 0.3 is 0 Å². The van der Waals surface area contributed by atoms with E-state index in [2.05, 4.69) is 5.32 Å². The molecule has 1 aliphatic rings. The lowest BCUT2D eigenvalue weighted by Gasteiger charge is -2.27. The Morgan fingerprint density at radius 2 is 1.66 bits per heavy atom. The third kappa shape index (κ3) is 3.10. The SMILES string of the molecule is CC(=O)Nc1ccc2c3c(cccc13)C(=O)N(Cc1ccc([N+](=O)[O-])cc1)C2=O. The molecule has 3 amide bonds. The van der Waals surface area contributed by atoms with E-state index in [1.165, 1.54) is 31.2 Å². The standard InChI is InChI=1S/C21H15N3O5/c1-12(25)22-18-10-9-17-19-15(18)3-2-4-16(19)20(26)23(21(17)27)11-13-5-7-14(8-6-13)24(28)29/h2-10H,11H2,1H3,(H,22,25). The Balaban J connectivity index is 1.75. The Morgan fingerprint density at radius 3 is 2.28 bits per heavy atom. The van der Waals surface area contributed by atoms with E-state index in [0.717, 1.165) is 4.90 Å². The molecule has 0 fully saturated rings. The summed E-state index contributed by atoms with van der Waals surface area (Å²) in [5.74, 6) is -1.16. The quantitative estimate of drug-likeness (QED) is 0.417. The number of imide groups is 1. The molecule has 8 heteroatoms. The minimum Gasteiger partial charge on any atom is -0.326 e. The van der Waals surface area contributed by atoms with Crippen molar-refractivity contribution in [3.63, 3.8) is 0 Å². The van der Waals surface area contributed by atoms with Crippen molar-refractivity contribution in [1.29, 1.82) is 0 Å². The number of hydrogen-bond donors (Lipinski definition) is 1. The molecule has 144 valence electrons. The highest BCUT2D eigenvalue weighted by Crippen LogP contribution is 2.35. The molecule has 3 aromatic rings. The maximum Gasteiger partial charge on any atom is 0.269 e. The number of hydrogen-bond acceptors (Lipinski definition) is 5. The molecule has 1 N–H and O–H groups in total. The minimum absolute atomic E-state index is 0.00106. The number of nitro benzene ring substituents is 1. The van der Waals surface area contributed by atoms with E-state index >= 15 is 0 Å². The van der Waals surface area contributed by atoms with E-state index < -0.39 is 16.7 Å². The lowest BCUT2D eigenvalue weighted by molar-refractivity contribution is -0.384. The van der Waals surface area contributed by atoms with Gasteiger partial charge in [-0.3, -0.25) is 29.4 Å². The van der Waals surface area contributed by atoms with Gasteiger partial charge in [0.1, 0.15) is 0 Å². The van der Waals surface area contributed by atoms with Crippen LogP contribution in [-0.2, 0) is 11.3 Å². The molecule has 0 saturated carbocycles. The Kier molecular flexibility index (Phi) is 4.31. The van der Waals surface area contributed by atoms with Gasteiger partial charge in [0.15, 0.2) is 0 Å². The second kappa shape index (κ2) is 6.83. The molecule has 29 heavy (non-hydrogen) atoms. The van der Waals surface area contributed by atoms with Crippen LogP contribution < -0.4 is 5.32 Å². The lowest BCUT2D eigenvalue weighted by atomic mass is 9.92. The Labute approximate surface area is 164 Å². The number of rotatable bonds is 4. The van der Waals surface area contributed by atoms with Gasteiger partial charge in [0.05, 0.1) is 11.5 Å². The molecule has 0 aromatic heterocycles. The molecule has 3 aromatic carbocycles. The molecule has 0 atom stereocenters. The second-order valence-corrected chi connectivity index (χ2v) is 6.69. The maximum absolute atomic E-state index is 13.0. The number of nitro groups is 1. The van der Waals surface area contributed by atoms with Crippen LogP contribution in [0.1, 0.15) is 33.2 Å². The molecule has 4 rings (SSSR count). The van der Waals surface area contributed by atoms with Crippen LogP contribution in [0, 0.1) is 10.1 Å². The zero-order valence-corrected chi connectivity index (χ0v) is 15.3. The number of carbonyl (C=O) groups excluding carboxylic acids is 3. The summed E-state index contributed by atoms with van der Waals surface area (Å²) in [6.45, 7) is 1.39. The van der Waals surface area contributed by atoms with Gasteiger partial charge < -0.3 is 5.32 Å². The summed E-state index contributed by atoms with van der Waals surface area (Å²) in [4.78, 5) is 49.0. The Morgan fingerprint density at radius 1 is 1.00 bits per heavy atom. The third-order valence-corrected chi connectivity index (χ3v) is 4.79. The molecule has 0 spiro atoms. The van der Waals surface area contributed by atoms with Gasteiger partial charge in [-0.1, -0.05) is 24.3 Å². The molecule has 0 saturated heterocycles. The lowest BCUT2D eigenvalue weighted by Crippen LogP contribution is -2.39. The smallest absolute Gasteiger partial charge is 0.269 e. The summed E-state index contributed by atoms with van der Waals surface area (Å²) in [5, 5.41) is 14.6. The molecule has 0 bridgehead atoms. The minimum atomic E-state index is -0.509. The summed E-state index contributed by atoms with van der Waals surface area (Å²) in [6.07, 6.45) is 0. The van der Waals surface area contributed by atoms with Crippen LogP contribution in [0.4, 0.5) is 11.4 Å². The number of benzene rings is 3. The van der Waals surface area contributed by atoms with E-state index in [-0.39, 0.29) is 18.1 Å². The van der Waals surface area contributed by atoms with Crippen molar-refractivity contribution in [2.45, 2.75) is 13.5 Å². The Bertz CT molecular complexity index is 1180. The van der Waals surface area contributed by atoms with Crippen LogP contribution in [-0.4, -0.2) is 27.5 Å². The van der Waals surface area contributed by atoms with E-state index in [9.17, 15) is 24.5 Å². The van der Waals surface area contributed by atoms with Crippen molar-refractivity contribution >= 4 is 39.9 Å². The fourth-order valence-corrected chi connectivity index (χ4v) is 3.49. The van der Waals surface area contributed by atoms with Crippen molar-refractivity contribution in [2.75, 3.05) is 5.32 Å². The van der Waals surface area contributed by atoms with Crippen molar-refractivity contribution in [3.8, 4) is 0 Å². The van der Waals surface area contributed by atoms with Crippen molar-refractivity contribution in [3.05, 3.63) is 81.4 Å². The van der Waals surface area contributed by atoms with Crippen molar-refractivity contribution < 1.29 is 19.3 Å². The van der Waals surface area contributed by atoms with E-state index in [0.29, 0.717) is 33.2 Å². The number of amides is 3. The highest BCUT2D eigenvalue weighted by molar-refractivity contribution is 6.27. The first kappa shape index (κ1) is 18.3. The molecule has 0 unspecified atom stereocenters. The molecule has 0 radical (unpaired) electrons. The van der Waals surface area contributed by atoms with Crippen LogP contribution in [0.25, 0.3) is 10.8 Å². The maximum atomic E-state index is 13.0. The number of nitrogens with one attached hydrogen (secondary N) is 1. The Hall–Kier alpha value is -4.07. The van der Waals surface area contributed by atoms with Gasteiger partial charge in [-0.05, 0) is 23.8 Å². The molecule has 1 heterocycles. The topological polar surface area (TPSA) is 110 Å². The summed E-state index contributed by atoms with van der Waals surface area (Å²) in [6, 6.07) is 14.0. The van der Waals surface area contributed by atoms with E-state index in [1.54, 1.807) is 30.3 Å². The van der Waals surface area contributed by atoms with Crippen LogP contribution in [0.2, 0.25) is 0 Å². The van der Waals surface area contributed by atoms with Crippen LogP contribution >= 0.6 is 0 Å². The zero-order valence-electron chi connectivity index (χ0n) is 15.3. The largest absolute Gasteiger partial charge is 0.326 e. The highest BCUT2D eigenvalue weighted by atomic mass is 16.6. The third-order valence-electron chi connectivity index (χ3n) is 4.79. The highest BCUT2D eigenvalue weighted by Gasteiger charge is 2.33. The van der Waals surface area contributed by atoms with Gasteiger partial charge in [0.25, 0.3) is 17.5 Å². The van der Waals surface area contributed by atoms with Crippen LogP contribution in [0.15, 0.2) is 54.6 Å². The summed E-state index contributed by atoms with van der Waals surface area (Å²) in [5.41, 5.74) is 1.80. The molecule has 0 aliphatic carbocycles. The van der Waals surface area contributed by atoms with E-state index in [4.69, 9.17) is 0 Å². The number of non-ortho nitro benzene ring substituents is 1. The molecular weight excluding hydrogens is 374 g/mol. The first-order chi connectivity index (χ1) is 13.9. The van der Waals surface area contributed by atoms with E-state index in [1.807, 2.05) is 0 Å². The number of nitrogens with zero attached hydrogens (tertiary/aromatic N) is 2. The van der Waals surface area contributed by atoms with Gasteiger partial charge in [-0.15, -0.1) is 0 Å². The summed E-state index contributed by atoms with van der Waals surface area (Å²) < 4.78 is 0. The van der Waals surface area contributed by atoms with Crippen molar-refractivity contribution in [1.82, 2.24) is 4.90 Å². The molecule has 8 nitrogen and oxygen atoms in total. The van der Waals surface area contributed by atoms with Gasteiger partial charge in [0, 0.05) is 46.6 Å². The van der Waals surface area contributed by atoms with Gasteiger partial charge in [-0.2, -0.15) is 0 Å². The predicted octanol–water partition coefficient (Wildman–Crippen LogP) is 3.50. The average molecular weight is 389 g/mol. The first-order valence-electron chi connectivity index (χ1n) is 8.79. The molecular formula is C21H15N3O5. The molecule has 1 aliphatic heterocycles. The fraction of sp³-hybridized carbons (Fsp3) is 0.0952. The fourth-order valence-electron chi connectivity index (χ4n) is 3.49. The zero-order chi connectivity index (χ0) is 20.7. The van der Waals surface area contributed by atoms with Crippen molar-refractivity contribution in [2.24, 2.45) is 0 Å². The van der Waals surface area contributed by atoms with Gasteiger partial charge in [0.2, 0.25) is 5.91 Å². The second-order valence-electron chi connectivity index (χ2n) is 6.69. The first-order valence-corrected chi connectivity index (χ1v) is 8.79. The monoisotopic (exact) mass is 389 g/mol. The summed E-state index contributed by atoms with van der Waals surface area (Å²) >= 11 is 0. The number of carbonyl (C=O) groups is 3. The summed E-state index contributed by atoms with van der Waals surface area (Å²) in [7, 11) is 0.